The smallest absolute Gasteiger partial charge is 0.290 e. The highest BCUT2D eigenvalue weighted by atomic mass is 19.1. The highest BCUT2D eigenvalue weighted by molar-refractivity contribution is 6.09. The lowest BCUT2D eigenvalue weighted by Gasteiger charge is -2.28. The van der Waals surface area contributed by atoms with Gasteiger partial charge in [-0.3, -0.25) is 9.59 Å². The third kappa shape index (κ3) is 3.96. The van der Waals surface area contributed by atoms with Crippen molar-refractivity contribution in [2.24, 2.45) is 5.92 Å². The fourth-order valence-corrected chi connectivity index (χ4v) is 4.18. The van der Waals surface area contributed by atoms with Gasteiger partial charge < -0.3 is 10.0 Å². The van der Waals surface area contributed by atoms with Crippen molar-refractivity contribution in [1.29, 1.82) is 0 Å². The van der Waals surface area contributed by atoms with Crippen LogP contribution in [0.5, 0.6) is 0 Å². The van der Waals surface area contributed by atoms with Gasteiger partial charge in [-0.1, -0.05) is 68.4 Å². The van der Waals surface area contributed by atoms with E-state index < -0.39 is 17.7 Å². The lowest BCUT2D eigenvalue weighted by atomic mass is 9.89. The van der Waals surface area contributed by atoms with E-state index in [-0.39, 0.29) is 36.1 Å². The predicted molar refractivity (Wildman–Crippen MR) is 118 cm³/mol. The van der Waals surface area contributed by atoms with E-state index in [9.17, 15) is 19.1 Å². The van der Waals surface area contributed by atoms with Gasteiger partial charge in [0.1, 0.15) is 5.82 Å². The van der Waals surface area contributed by atoms with E-state index in [1.807, 2.05) is 56.3 Å². The molecular weight excluding hydrogens is 393 g/mol. The molecule has 1 aliphatic heterocycles. The number of benzene rings is 3. The van der Waals surface area contributed by atoms with Crippen LogP contribution >= 0.6 is 0 Å². The molecule has 1 amide bonds. The van der Waals surface area contributed by atoms with Crippen LogP contribution in [0.3, 0.4) is 0 Å². The maximum atomic E-state index is 13.4. The van der Waals surface area contributed by atoms with Crippen LogP contribution < -0.4 is 0 Å². The number of Topliss-reactive ketones (excluding diaryl/α,β-unsaturated/α-hetero) is 1. The monoisotopic (exact) mass is 417 g/mol. The summed E-state index contributed by atoms with van der Waals surface area (Å²) in [4.78, 5) is 27.7. The summed E-state index contributed by atoms with van der Waals surface area (Å²) in [5.74, 6) is -1.60. The highest BCUT2D eigenvalue weighted by Crippen LogP contribution is 2.42. The van der Waals surface area contributed by atoms with Crippen LogP contribution in [0.25, 0.3) is 10.8 Å². The fourth-order valence-electron chi connectivity index (χ4n) is 4.18. The van der Waals surface area contributed by atoms with Gasteiger partial charge in [0, 0.05) is 13.0 Å². The summed E-state index contributed by atoms with van der Waals surface area (Å²) >= 11 is 0. The molecule has 0 saturated heterocycles. The van der Waals surface area contributed by atoms with Gasteiger partial charge in [-0.15, -0.1) is 0 Å². The molecule has 3 aromatic rings. The van der Waals surface area contributed by atoms with Crippen LogP contribution in [0.15, 0.2) is 78.1 Å². The number of rotatable bonds is 6. The van der Waals surface area contributed by atoms with Gasteiger partial charge in [0.2, 0.25) is 0 Å². The maximum absolute atomic E-state index is 13.4. The molecule has 1 aliphatic rings. The van der Waals surface area contributed by atoms with E-state index in [2.05, 4.69) is 0 Å². The number of carbonyl (C=O) groups is 2. The summed E-state index contributed by atoms with van der Waals surface area (Å²) in [6.07, 6.45) is 0.234. The van der Waals surface area contributed by atoms with Gasteiger partial charge in [0.15, 0.2) is 11.5 Å². The van der Waals surface area contributed by atoms with Crippen molar-refractivity contribution in [2.75, 3.05) is 0 Å². The second kappa shape index (κ2) is 8.34. The number of hydrogen-bond acceptors (Lipinski definition) is 3. The molecule has 158 valence electrons. The summed E-state index contributed by atoms with van der Waals surface area (Å²) < 4.78 is 13.4. The van der Waals surface area contributed by atoms with Crippen molar-refractivity contribution in [3.63, 3.8) is 0 Å². The molecule has 0 spiro atoms. The number of amides is 1. The number of halogens is 1. The molecule has 1 atom stereocenters. The molecule has 4 rings (SSSR count). The van der Waals surface area contributed by atoms with Crippen molar-refractivity contribution in [3.8, 4) is 0 Å². The molecule has 1 unspecified atom stereocenters. The molecule has 0 radical (unpaired) electrons. The number of fused-ring (bicyclic) bond motifs is 1. The van der Waals surface area contributed by atoms with Crippen LogP contribution in [-0.2, 0) is 16.1 Å². The number of aliphatic hydroxyl groups excluding tert-OH is 1. The Balaban J connectivity index is 1.85. The molecule has 5 heteroatoms. The van der Waals surface area contributed by atoms with Crippen molar-refractivity contribution >= 4 is 22.5 Å². The Hall–Kier alpha value is -3.47. The zero-order valence-electron chi connectivity index (χ0n) is 17.5. The van der Waals surface area contributed by atoms with Gasteiger partial charge in [-0.05, 0) is 39.9 Å². The molecule has 3 aromatic carbocycles. The summed E-state index contributed by atoms with van der Waals surface area (Å²) in [5.41, 5.74) is 1.63. The predicted octanol–water partition coefficient (Wildman–Crippen LogP) is 5.49. The lowest BCUT2D eigenvalue weighted by Crippen LogP contribution is -2.31. The molecule has 0 saturated carbocycles. The van der Waals surface area contributed by atoms with E-state index in [0.29, 0.717) is 5.56 Å². The number of hydrogen-bond donors (Lipinski definition) is 1. The Labute approximate surface area is 180 Å². The van der Waals surface area contributed by atoms with Crippen LogP contribution in [0.2, 0.25) is 0 Å². The van der Waals surface area contributed by atoms with Crippen LogP contribution in [0.4, 0.5) is 4.39 Å². The summed E-state index contributed by atoms with van der Waals surface area (Å²) in [6, 6.07) is 18.7. The molecule has 1 heterocycles. The van der Waals surface area contributed by atoms with Gasteiger partial charge in [-0.2, -0.15) is 0 Å². The molecule has 0 aliphatic carbocycles. The summed E-state index contributed by atoms with van der Waals surface area (Å²) in [6.45, 7) is 4.00. The zero-order chi connectivity index (χ0) is 22.1. The molecule has 0 bridgehead atoms. The minimum absolute atomic E-state index is 0.0854. The van der Waals surface area contributed by atoms with Gasteiger partial charge in [0.05, 0.1) is 11.6 Å². The van der Waals surface area contributed by atoms with Crippen molar-refractivity contribution < 1.29 is 19.1 Å². The Morgan fingerprint density at radius 3 is 2.42 bits per heavy atom. The molecule has 31 heavy (non-hydrogen) atoms. The standard InChI is InChI=1S/C26H24FNO3/c1-16(2)14-22(29)23-24(21-9-5-7-18-6-3-4-8-20(18)21)28(26(31)25(23)30)15-17-10-12-19(27)13-11-17/h3-13,16,24,30H,14-15H2,1-2H3. The van der Waals surface area contributed by atoms with E-state index >= 15 is 0 Å². The van der Waals surface area contributed by atoms with Gasteiger partial charge >= 0.3 is 0 Å². The zero-order valence-corrected chi connectivity index (χ0v) is 17.5. The SMILES string of the molecule is CC(C)CC(=O)C1=C(O)C(=O)N(Cc2ccc(F)cc2)C1c1cccc2ccccc12. The fraction of sp³-hybridized carbons (Fsp3) is 0.231. The first-order valence-corrected chi connectivity index (χ1v) is 10.4. The molecule has 0 fully saturated rings. The third-order valence-electron chi connectivity index (χ3n) is 5.58. The van der Waals surface area contributed by atoms with E-state index in [4.69, 9.17) is 0 Å². The summed E-state index contributed by atoms with van der Waals surface area (Å²) in [5, 5.41) is 12.6. The van der Waals surface area contributed by atoms with Crippen molar-refractivity contribution in [2.45, 2.75) is 32.9 Å². The van der Waals surface area contributed by atoms with Crippen LogP contribution in [0.1, 0.15) is 37.4 Å². The quantitative estimate of drug-likeness (QED) is 0.577. The van der Waals surface area contributed by atoms with Crippen molar-refractivity contribution in [1.82, 2.24) is 4.90 Å². The molecule has 1 N–H and O–H groups in total. The number of nitrogens with zero attached hydrogens (tertiary/aromatic N) is 1. The topological polar surface area (TPSA) is 57.6 Å². The number of aliphatic hydroxyl groups is 1. The Kier molecular flexibility index (Phi) is 5.59. The second-order valence-corrected chi connectivity index (χ2v) is 8.31. The third-order valence-corrected chi connectivity index (χ3v) is 5.58. The maximum Gasteiger partial charge on any atom is 0.290 e. The normalized spacial score (nSPS) is 16.6. The van der Waals surface area contributed by atoms with Crippen molar-refractivity contribution in [3.05, 3.63) is 95.0 Å². The molecular formula is C26H24FNO3. The largest absolute Gasteiger partial charge is 0.503 e. The minimum Gasteiger partial charge on any atom is -0.503 e. The summed E-state index contributed by atoms with van der Waals surface area (Å²) in [7, 11) is 0. The van der Waals surface area contributed by atoms with E-state index in [0.717, 1.165) is 16.3 Å². The first kappa shape index (κ1) is 20.8. The average Bonchev–Trinajstić information content (AvgIpc) is 2.99. The Morgan fingerprint density at radius 2 is 1.71 bits per heavy atom. The van der Waals surface area contributed by atoms with Gasteiger partial charge in [-0.25, -0.2) is 4.39 Å². The van der Waals surface area contributed by atoms with E-state index in [1.54, 1.807) is 12.1 Å². The lowest BCUT2D eigenvalue weighted by molar-refractivity contribution is -0.130. The number of carbonyl (C=O) groups excluding carboxylic acids is 2. The Bertz CT molecular complexity index is 1180. The average molecular weight is 417 g/mol. The van der Waals surface area contributed by atoms with E-state index in [1.165, 1.54) is 17.0 Å². The number of ketones is 1. The first-order valence-electron chi connectivity index (χ1n) is 10.4. The van der Waals surface area contributed by atoms with Crippen LogP contribution in [-0.4, -0.2) is 21.7 Å². The first-order chi connectivity index (χ1) is 14.9. The molecule has 4 nitrogen and oxygen atoms in total. The minimum atomic E-state index is -0.713. The second-order valence-electron chi connectivity index (χ2n) is 8.31. The Morgan fingerprint density at radius 1 is 1.03 bits per heavy atom. The van der Waals surface area contributed by atoms with Crippen LogP contribution in [0, 0.1) is 11.7 Å². The molecule has 0 aromatic heterocycles. The van der Waals surface area contributed by atoms with Gasteiger partial charge in [0.25, 0.3) is 5.91 Å². The highest BCUT2D eigenvalue weighted by Gasteiger charge is 2.43.